The summed E-state index contributed by atoms with van der Waals surface area (Å²) in [6.45, 7) is 1.20. The lowest BCUT2D eigenvalue weighted by Gasteiger charge is -2.08. The van der Waals surface area contributed by atoms with E-state index in [4.69, 9.17) is 0 Å². The van der Waals surface area contributed by atoms with Gasteiger partial charge in [0.1, 0.15) is 6.54 Å². The van der Waals surface area contributed by atoms with Gasteiger partial charge in [-0.1, -0.05) is 0 Å². The summed E-state index contributed by atoms with van der Waals surface area (Å²) in [6.07, 6.45) is 1.41. The van der Waals surface area contributed by atoms with Gasteiger partial charge in [0, 0.05) is 24.5 Å². The van der Waals surface area contributed by atoms with Crippen molar-refractivity contribution in [1.29, 1.82) is 0 Å². The zero-order chi connectivity index (χ0) is 22.4. The zero-order valence-corrected chi connectivity index (χ0v) is 17.5. The average Bonchev–Trinajstić information content (AvgIpc) is 3.28. The summed E-state index contributed by atoms with van der Waals surface area (Å²) in [5, 5.41) is 2.75. The number of aryl methyl sites for hydroxylation is 3. The second-order valence-corrected chi connectivity index (χ2v) is 8.06. The Bertz CT molecular complexity index is 1470. The smallest absolute Gasteiger partial charge is 0.328 e. The molecule has 31 heavy (non-hydrogen) atoms. The van der Waals surface area contributed by atoms with Crippen molar-refractivity contribution < 1.29 is 13.6 Å². The molecule has 1 amide bonds. The van der Waals surface area contributed by atoms with Crippen molar-refractivity contribution in [3.8, 4) is 11.3 Å². The van der Waals surface area contributed by atoms with Crippen molar-refractivity contribution in [2.45, 2.75) is 13.5 Å². The number of hydrogen-bond donors (Lipinski definition) is 1. The number of amides is 1. The molecule has 160 valence electrons. The van der Waals surface area contributed by atoms with Crippen molar-refractivity contribution in [2.75, 3.05) is 5.32 Å². The lowest BCUT2D eigenvalue weighted by molar-refractivity contribution is -0.116. The van der Waals surface area contributed by atoms with Gasteiger partial charge < -0.3 is 9.88 Å². The van der Waals surface area contributed by atoms with E-state index in [2.05, 4.69) is 15.3 Å². The highest BCUT2D eigenvalue weighted by atomic mass is 32.1. The molecule has 0 aliphatic heterocycles. The SMILES string of the molecule is Cc1sc(NC(=O)Cn2c(=O)c3c(ncn3C)n(C)c2=O)nc1-c1ccc(F)c(F)c1. The van der Waals surface area contributed by atoms with Crippen LogP contribution in [0.2, 0.25) is 0 Å². The van der Waals surface area contributed by atoms with E-state index in [0.29, 0.717) is 16.1 Å². The maximum atomic E-state index is 13.5. The van der Waals surface area contributed by atoms with Crippen LogP contribution < -0.4 is 16.6 Å². The Morgan fingerprint density at radius 3 is 2.65 bits per heavy atom. The molecule has 9 nitrogen and oxygen atoms in total. The highest BCUT2D eigenvalue weighted by molar-refractivity contribution is 7.16. The average molecular weight is 446 g/mol. The molecule has 0 saturated heterocycles. The van der Waals surface area contributed by atoms with Crippen LogP contribution in [0.3, 0.4) is 0 Å². The molecule has 0 radical (unpaired) electrons. The molecule has 12 heteroatoms. The molecule has 4 rings (SSSR count). The van der Waals surface area contributed by atoms with Crippen molar-refractivity contribution in [1.82, 2.24) is 23.7 Å². The number of carbonyl (C=O) groups excluding carboxylic acids is 1. The Hall–Kier alpha value is -3.67. The number of carbonyl (C=O) groups is 1. The molecule has 1 N–H and O–H groups in total. The molecule has 1 aromatic carbocycles. The van der Waals surface area contributed by atoms with Crippen LogP contribution >= 0.6 is 11.3 Å². The maximum Gasteiger partial charge on any atom is 0.332 e. The van der Waals surface area contributed by atoms with Gasteiger partial charge in [0.05, 0.1) is 12.0 Å². The number of benzene rings is 1. The largest absolute Gasteiger partial charge is 0.332 e. The second-order valence-electron chi connectivity index (χ2n) is 6.86. The Labute approximate surface area is 177 Å². The van der Waals surface area contributed by atoms with Gasteiger partial charge in [-0.05, 0) is 25.1 Å². The number of thiazole rings is 1. The first kappa shape index (κ1) is 20.6. The first-order valence-electron chi connectivity index (χ1n) is 9.01. The van der Waals surface area contributed by atoms with E-state index < -0.39 is 35.3 Å². The Balaban J connectivity index is 1.62. The van der Waals surface area contributed by atoms with Crippen LogP contribution in [0.15, 0.2) is 34.1 Å². The van der Waals surface area contributed by atoms with Crippen molar-refractivity contribution in [2.24, 2.45) is 14.1 Å². The number of nitrogens with one attached hydrogen (secondary N) is 1. The van der Waals surface area contributed by atoms with Crippen LogP contribution in [0.5, 0.6) is 0 Å². The van der Waals surface area contributed by atoms with Gasteiger partial charge in [0.15, 0.2) is 27.9 Å². The minimum Gasteiger partial charge on any atom is -0.328 e. The molecule has 3 aromatic heterocycles. The van der Waals surface area contributed by atoms with E-state index in [1.54, 1.807) is 14.0 Å². The van der Waals surface area contributed by atoms with E-state index in [1.807, 2.05) is 0 Å². The number of halogens is 2. The summed E-state index contributed by atoms with van der Waals surface area (Å²) in [6, 6.07) is 3.41. The molecule has 0 aliphatic carbocycles. The zero-order valence-electron chi connectivity index (χ0n) is 16.6. The lowest BCUT2D eigenvalue weighted by Crippen LogP contribution is -2.42. The molecular weight excluding hydrogens is 430 g/mol. The van der Waals surface area contributed by atoms with Gasteiger partial charge in [0.25, 0.3) is 5.56 Å². The number of fused-ring (bicyclic) bond motifs is 1. The highest BCUT2D eigenvalue weighted by Gasteiger charge is 2.18. The van der Waals surface area contributed by atoms with Crippen molar-refractivity contribution >= 4 is 33.5 Å². The minimum atomic E-state index is -1.00. The third-order valence-corrected chi connectivity index (χ3v) is 5.62. The third kappa shape index (κ3) is 3.54. The lowest BCUT2D eigenvalue weighted by atomic mass is 10.1. The number of anilines is 1. The normalized spacial score (nSPS) is 11.3. The Morgan fingerprint density at radius 1 is 1.19 bits per heavy atom. The van der Waals surface area contributed by atoms with E-state index in [-0.39, 0.29) is 16.3 Å². The Morgan fingerprint density at radius 2 is 1.94 bits per heavy atom. The fraction of sp³-hybridized carbons (Fsp3) is 0.211. The van der Waals surface area contributed by atoms with Crippen LogP contribution in [-0.2, 0) is 25.4 Å². The predicted octanol–water partition coefficient (Wildman–Crippen LogP) is 1.78. The summed E-state index contributed by atoms with van der Waals surface area (Å²) in [5.41, 5.74) is -0.139. The topological polar surface area (TPSA) is 104 Å². The molecule has 0 saturated carbocycles. The molecular formula is C19H16F2N6O3S. The van der Waals surface area contributed by atoms with Gasteiger partial charge in [-0.2, -0.15) is 0 Å². The summed E-state index contributed by atoms with van der Waals surface area (Å²) >= 11 is 1.13. The van der Waals surface area contributed by atoms with E-state index >= 15 is 0 Å². The molecule has 0 unspecified atom stereocenters. The van der Waals surface area contributed by atoms with Crippen molar-refractivity contribution in [3.63, 3.8) is 0 Å². The summed E-state index contributed by atoms with van der Waals surface area (Å²) < 4.78 is 30.2. The van der Waals surface area contributed by atoms with Crippen LogP contribution in [0, 0.1) is 18.6 Å². The number of nitrogens with zero attached hydrogens (tertiary/aromatic N) is 5. The molecule has 4 aromatic rings. The molecule has 0 aliphatic rings. The van der Waals surface area contributed by atoms with Gasteiger partial charge in [-0.25, -0.2) is 28.1 Å². The monoisotopic (exact) mass is 446 g/mol. The Kier molecular flexibility index (Phi) is 5.01. The third-order valence-electron chi connectivity index (χ3n) is 4.74. The standard InChI is InChI=1S/C19H16F2N6O3S/c1-9-14(10-4-5-11(20)12(21)6-10)24-18(31-9)23-13(28)7-27-17(29)15-16(22-8-25(15)2)26(3)19(27)30/h4-6,8H,7H2,1-3H3,(H,23,24,28). The van der Waals surface area contributed by atoms with Crippen LogP contribution in [0.4, 0.5) is 13.9 Å². The van der Waals surface area contributed by atoms with E-state index in [1.165, 1.54) is 28.6 Å². The number of rotatable bonds is 4. The van der Waals surface area contributed by atoms with Crippen LogP contribution in [0.25, 0.3) is 22.4 Å². The van der Waals surface area contributed by atoms with Gasteiger partial charge >= 0.3 is 5.69 Å². The van der Waals surface area contributed by atoms with E-state index in [0.717, 1.165) is 28.0 Å². The molecule has 0 spiro atoms. The number of aromatic nitrogens is 5. The van der Waals surface area contributed by atoms with Gasteiger partial charge in [0.2, 0.25) is 5.91 Å². The summed E-state index contributed by atoms with van der Waals surface area (Å²) in [4.78, 5) is 46.7. The molecule has 3 heterocycles. The number of hydrogen-bond acceptors (Lipinski definition) is 6. The first-order valence-corrected chi connectivity index (χ1v) is 9.82. The van der Waals surface area contributed by atoms with Crippen LogP contribution in [-0.4, -0.2) is 29.6 Å². The molecule has 0 bridgehead atoms. The maximum absolute atomic E-state index is 13.5. The molecule has 0 fully saturated rings. The summed E-state index contributed by atoms with van der Waals surface area (Å²) in [5.74, 6) is -2.61. The summed E-state index contributed by atoms with van der Waals surface area (Å²) in [7, 11) is 3.08. The van der Waals surface area contributed by atoms with Crippen molar-refractivity contribution in [3.05, 3.63) is 61.9 Å². The quantitative estimate of drug-likeness (QED) is 0.515. The first-order chi connectivity index (χ1) is 14.7. The highest BCUT2D eigenvalue weighted by Crippen LogP contribution is 2.31. The van der Waals surface area contributed by atoms with Gasteiger partial charge in [-0.3, -0.25) is 14.2 Å². The molecule has 0 atom stereocenters. The predicted molar refractivity (Wildman–Crippen MR) is 111 cm³/mol. The van der Waals surface area contributed by atoms with Gasteiger partial charge in [-0.15, -0.1) is 11.3 Å². The fourth-order valence-electron chi connectivity index (χ4n) is 3.20. The number of imidazole rings is 1. The fourth-order valence-corrected chi connectivity index (χ4v) is 4.05. The van der Waals surface area contributed by atoms with E-state index in [9.17, 15) is 23.2 Å². The van der Waals surface area contributed by atoms with Crippen LogP contribution in [0.1, 0.15) is 4.88 Å². The second kappa shape index (κ2) is 7.54. The minimum absolute atomic E-state index is 0.195.